The van der Waals surface area contributed by atoms with E-state index < -0.39 is 49.5 Å². The third kappa shape index (κ3) is 4.12. The predicted octanol–water partition coefficient (Wildman–Crippen LogP) is -2.15. The largest absolute Gasteiger partial charge is 0.491 e. The SMILES string of the molecule is COc1cn(C2OC(COP(=O)(O)O)C(O)C2[N+](=O)[O-])c(=O)nc1N. The molecule has 1 fully saturated rings. The lowest BCUT2D eigenvalue weighted by Crippen LogP contribution is -2.41. The zero-order valence-corrected chi connectivity index (χ0v) is 13.6. The molecule has 140 valence electrons. The molecule has 0 radical (unpaired) electrons. The molecule has 1 saturated heterocycles. The first-order valence-electron chi connectivity index (χ1n) is 6.65. The number of anilines is 1. The minimum Gasteiger partial charge on any atom is -0.491 e. The van der Waals surface area contributed by atoms with Crippen LogP contribution in [0.4, 0.5) is 5.82 Å². The summed E-state index contributed by atoms with van der Waals surface area (Å²) in [4.78, 5) is 43.2. The minimum atomic E-state index is -4.89. The molecule has 2 heterocycles. The van der Waals surface area contributed by atoms with Gasteiger partial charge in [-0.2, -0.15) is 4.98 Å². The molecule has 5 N–H and O–H groups in total. The third-order valence-corrected chi connectivity index (χ3v) is 3.91. The van der Waals surface area contributed by atoms with Gasteiger partial charge in [-0.05, 0) is 0 Å². The Kier molecular flexibility index (Phi) is 5.41. The highest BCUT2D eigenvalue weighted by atomic mass is 31.2. The van der Waals surface area contributed by atoms with Gasteiger partial charge in [0.25, 0.3) is 6.04 Å². The summed E-state index contributed by atoms with van der Waals surface area (Å²) in [6.07, 6.45) is -3.87. The zero-order valence-electron chi connectivity index (χ0n) is 12.7. The van der Waals surface area contributed by atoms with E-state index in [1.54, 1.807) is 0 Å². The van der Waals surface area contributed by atoms with E-state index in [1.165, 1.54) is 7.11 Å². The molecule has 4 unspecified atom stereocenters. The van der Waals surface area contributed by atoms with Gasteiger partial charge in [0.2, 0.25) is 6.23 Å². The summed E-state index contributed by atoms with van der Waals surface area (Å²) in [6, 6.07) is -1.82. The Morgan fingerprint density at radius 2 is 2.20 bits per heavy atom. The van der Waals surface area contributed by atoms with Crippen LogP contribution in [0.1, 0.15) is 6.23 Å². The smallest absolute Gasteiger partial charge is 0.469 e. The van der Waals surface area contributed by atoms with Crippen molar-refractivity contribution in [3.63, 3.8) is 0 Å². The molecule has 4 atom stereocenters. The molecule has 0 aromatic carbocycles. The molecule has 0 bridgehead atoms. The van der Waals surface area contributed by atoms with Gasteiger partial charge in [0, 0.05) is 4.92 Å². The molecular weight excluding hydrogens is 367 g/mol. The Bertz CT molecular complexity index is 763. The van der Waals surface area contributed by atoms with Crippen molar-refractivity contribution in [3.05, 3.63) is 26.8 Å². The Labute approximate surface area is 139 Å². The number of aromatic nitrogens is 2. The molecule has 15 heteroatoms. The number of rotatable bonds is 6. The molecule has 2 rings (SSSR count). The number of nitro groups is 1. The molecule has 0 saturated carbocycles. The molecule has 0 spiro atoms. The first kappa shape index (κ1) is 19.2. The van der Waals surface area contributed by atoms with Crippen molar-refractivity contribution in [1.82, 2.24) is 9.55 Å². The summed E-state index contributed by atoms with van der Waals surface area (Å²) < 4.78 is 25.7. The number of phosphoric acid groups is 1. The fraction of sp³-hybridized carbons (Fsp3) is 0.600. The van der Waals surface area contributed by atoms with Gasteiger partial charge in [-0.1, -0.05) is 0 Å². The van der Waals surface area contributed by atoms with Crippen LogP contribution in [0.15, 0.2) is 11.0 Å². The second-order valence-electron chi connectivity index (χ2n) is 5.00. The topological polar surface area (TPSA) is 210 Å². The highest BCUT2D eigenvalue weighted by Gasteiger charge is 2.53. The summed E-state index contributed by atoms with van der Waals surface area (Å²) >= 11 is 0. The van der Waals surface area contributed by atoms with Crippen LogP contribution >= 0.6 is 7.82 Å². The number of hydrogen-bond donors (Lipinski definition) is 4. The fourth-order valence-corrected chi connectivity index (χ4v) is 2.64. The Balaban J connectivity index is 2.37. The summed E-state index contributed by atoms with van der Waals surface area (Å²) in [5.41, 5.74) is 4.46. The first-order chi connectivity index (χ1) is 11.5. The molecule has 1 aliphatic rings. The van der Waals surface area contributed by atoms with Crippen LogP contribution in [0.2, 0.25) is 0 Å². The van der Waals surface area contributed by atoms with Gasteiger partial charge in [-0.3, -0.25) is 19.2 Å². The maximum Gasteiger partial charge on any atom is 0.469 e. The first-order valence-corrected chi connectivity index (χ1v) is 8.18. The average molecular weight is 382 g/mol. The van der Waals surface area contributed by atoms with Crippen LogP contribution in [0.5, 0.6) is 5.75 Å². The number of aliphatic hydroxyl groups is 1. The minimum absolute atomic E-state index is 0.0605. The lowest BCUT2D eigenvalue weighted by atomic mass is 10.1. The third-order valence-electron chi connectivity index (χ3n) is 3.43. The van der Waals surface area contributed by atoms with Crippen LogP contribution < -0.4 is 16.2 Å². The van der Waals surface area contributed by atoms with E-state index in [0.29, 0.717) is 4.57 Å². The van der Waals surface area contributed by atoms with Gasteiger partial charge in [0.15, 0.2) is 17.7 Å². The van der Waals surface area contributed by atoms with Crippen molar-refractivity contribution in [2.24, 2.45) is 0 Å². The van der Waals surface area contributed by atoms with Crippen molar-refractivity contribution in [2.75, 3.05) is 19.5 Å². The molecule has 1 aromatic heterocycles. The van der Waals surface area contributed by atoms with E-state index >= 15 is 0 Å². The summed E-state index contributed by atoms with van der Waals surface area (Å²) in [6.45, 7) is -0.833. The van der Waals surface area contributed by atoms with Gasteiger partial charge in [0.05, 0.1) is 19.9 Å². The van der Waals surface area contributed by atoms with Gasteiger partial charge < -0.3 is 30.1 Å². The molecule has 25 heavy (non-hydrogen) atoms. The quantitative estimate of drug-likeness (QED) is 0.236. The molecule has 0 aliphatic carbocycles. The van der Waals surface area contributed by atoms with Gasteiger partial charge in [-0.15, -0.1) is 0 Å². The van der Waals surface area contributed by atoms with Crippen molar-refractivity contribution >= 4 is 13.6 Å². The molecular formula is C10H15N4O10P. The number of nitrogen functional groups attached to an aromatic ring is 1. The van der Waals surface area contributed by atoms with Crippen LogP contribution in [-0.2, 0) is 13.8 Å². The fourth-order valence-electron chi connectivity index (χ4n) is 2.30. The van der Waals surface area contributed by atoms with Crippen LogP contribution in [0.3, 0.4) is 0 Å². The lowest BCUT2D eigenvalue weighted by molar-refractivity contribution is -0.541. The summed E-state index contributed by atoms with van der Waals surface area (Å²) in [5.74, 6) is -0.309. The van der Waals surface area contributed by atoms with Crippen LogP contribution in [-0.4, -0.2) is 61.3 Å². The number of methoxy groups -OCH3 is 1. The van der Waals surface area contributed by atoms with Crippen molar-refractivity contribution < 1.29 is 38.4 Å². The van der Waals surface area contributed by atoms with Crippen LogP contribution in [0.25, 0.3) is 0 Å². The van der Waals surface area contributed by atoms with E-state index in [1.807, 2.05) is 0 Å². The van der Waals surface area contributed by atoms with Crippen molar-refractivity contribution in [2.45, 2.75) is 24.5 Å². The van der Waals surface area contributed by atoms with E-state index in [9.17, 15) is 24.6 Å². The average Bonchev–Trinajstić information content (AvgIpc) is 2.81. The maximum absolute atomic E-state index is 12.0. The zero-order chi connectivity index (χ0) is 18.9. The predicted molar refractivity (Wildman–Crippen MR) is 78.2 cm³/mol. The van der Waals surface area contributed by atoms with E-state index in [0.717, 1.165) is 6.20 Å². The highest BCUT2D eigenvalue weighted by Crippen LogP contribution is 2.38. The van der Waals surface area contributed by atoms with E-state index in [-0.39, 0.29) is 11.6 Å². The molecule has 14 nitrogen and oxygen atoms in total. The molecule has 1 aromatic rings. The maximum atomic E-state index is 12.0. The number of hydrogen-bond acceptors (Lipinski definition) is 10. The number of ether oxygens (including phenoxy) is 2. The molecule has 1 aliphatic heterocycles. The number of nitrogens with two attached hydrogens (primary N) is 1. The van der Waals surface area contributed by atoms with Gasteiger partial charge >= 0.3 is 13.5 Å². The standard InChI is InChI=1S/C10H15N4O10P/c1-22-4-2-13(10(16)12-8(4)11)9-6(14(17)18)7(15)5(24-9)3-23-25(19,20)21/h2,5-7,9,15H,3H2,1H3,(H2,11,12,16)(H2,19,20,21). The summed E-state index contributed by atoms with van der Waals surface area (Å²) in [5, 5.41) is 21.3. The van der Waals surface area contributed by atoms with E-state index in [2.05, 4.69) is 9.51 Å². The Morgan fingerprint density at radius 3 is 2.72 bits per heavy atom. The second-order valence-corrected chi connectivity index (χ2v) is 6.24. The van der Waals surface area contributed by atoms with Gasteiger partial charge in [0.1, 0.15) is 6.10 Å². The van der Waals surface area contributed by atoms with Crippen molar-refractivity contribution in [1.29, 1.82) is 0 Å². The van der Waals surface area contributed by atoms with Gasteiger partial charge in [-0.25, -0.2) is 9.36 Å². The van der Waals surface area contributed by atoms with Crippen LogP contribution in [0, 0.1) is 10.1 Å². The molecule has 0 amide bonds. The normalized spacial score (nSPS) is 26.6. The Morgan fingerprint density at radius 1 is 1.56 bits per heavy atom. The highest BCUT2D eigenvalue weighted by molar-refractivity contribution is 7.46. The monoisotopic (exact) mass is 382 g/mol. The number of aliphatic hydroxyl groups excluding tert-OH is 1. The second kappa shape index (κ2) is 7.03. The van der Waals surface area contributed by atoms with Crippen molar-refractivity contribution in [3.8, 4) is 5.75 Å². The lowest BCUT2D eigenvalue weighted by Gasteiger charge is -2.17. The Hall–Kier alpha value is -2.09. The number of nitrogens with zero attached hydrogens (tertiary/aromatic N) is 3. The number of phosphoric ester groups is 1. The van der Waals surface area contributed by atoms with E-state index in [4.69, 9.17) is 25.0 Å². The summed E-state index contributed by atoms with van der Waals surface area (Å²) in [7, 11) is -3.66.